The summed E-state index contributed by atoms with van der Waals surface area (Å²) in [6.45, 7) is 28.7. The van der Waals surface area contributed by atoms with Gasteiger partial charge in [-0.2, -0.15) is 0 Å². The Labute approximate surface area is 451 Å². The van der Waals surface area contributed by atoms with Crippen molar-refractivity contribution in [1.82, 2.24) is 0 Å². The van der Waals surface area contributed by atoms with Crippen LogP contribution in [0.5, 0.6) is 0 Å². The van der Waals surface area contributed by atoms with Gasteiger partial charge in [-0.3, -0.25) is 0 Å². The molecule has 0 N–H and O–H groups in total. The van der Waals surface area contributed by atoms with E-state index in [0.29, 0.717) is 23.0 Å². The summed E-state index contributed by atoms with van der Waals surface area (Å²) in [6.07, 6.45) is 5.11. The van der Waals surface area contributed by atoms with Crippen LogP contribution in [-0.2, 0) is 51.6 Å². The fraction of sp³-hybridized carbons (Fsp3) is 0.481. The first-order valence-corrected chi connectivity index (χ1v) is 24.4. The topological polar surface area (TPSA) is 179 Å². The Hall–Kier alpha value is -2.98. The monoisotopic (exact) mass is 1230 g/mol. The third-order valence-corrected chi connectivity index (χ3v) is 11.5. The number of carboxylic acids is 4. The molecule has 14 heteroatoms. The second-order valence-electron chi connectivity index (χ2n) is 17.9. The molecule has 4 aromatic carbocycles. The van der Waals surface area contributed by atoms with Crippen LogP contribution in [0.25, 0.3) is 0 Å². The Balaban J connectivity index is 0. The van der Waals surface area contributed by atoms with Crippen LogP contribution in [0.4, 0.5) is 0 Å². The molecule has 0 saturated carbocycles. The Morgan fingerprint density at radius 3 is 0.750 bits per heavy atom. The zero-order valence-corrected chi connectivity index (χ0v) is 48.9. The van der Waals surface area contributed by atoms with Crippen molar-refractivity contribution < 1.29 is 91.2 Å². The fourth-order valence-corrected chi connectivity index (χ4v) is 7.10. The normalized spacial score (nSPS) is 12.4. The van der Waals surface area contributed by atoms with Gasteiger partial charge in [0.2, 0.25) is 0 Å². The van der Waals surface area contributed by atoms with Gasteiger partial charge in [0.05, 0.1) is 23.9 Å². The molecule has 0 amide bonds. The van der Waals surface area contributed by atoms with Crippen molar-refractivity contribution in [3.8, 4) is 0 Å². The van der Waals surface area contributed by atoms with Gasteiger partial charge in [-0.15, -0.1) is 0 Å². The average Bonchev–Trinajstić information content (AvgIpc) is 4.05. The van der Waals surface area contributed by atoms with Crippen LogP contribution in [0, 0.1) is 0 Å². The Morgan fingerprint density at radius 2 is 0.618 bits per heavy atom. The number of aromatic carboxylic acids is 4. The third-order valence-electron chi connectivity index (χ3n) is 10.5. The summed E-state index contributed by atoms with van der Waals surface area (Å²) in [4.78, 5) is 43.2. The van der Waals surface area contributed by atoms with Gasteiger partial charge in [-0.25, -0.2) is 0 Å². The molecular weight excluding hydrogens is 1160 g/mol. The third kappa shape index (κ3) is 24.7. The van der Waals surface area contributed by atoms with Crippen molar-refractivity contribution in [3.05, 3.63) is 137 Å². The maximum Gasteiger partial charge on any atom is 2.00 e. The molecule has 6 rings (SSSR count). The maximum atomic E-state index is 11.4. The molecular formula is C54H70Br2Mo2O10. The Bertz CT molecular complexity index is 1890. The van der Waals surface area contributed by atoms with Crippen LogP contribution < -0.4 is 20.4 Å². The average molecular weight is 1230 g/mol. The first-order valence-electron chi connectivity index (χ1n) is 22.8. The zero-order chi connectivity index (χ0) is 50.3. The van der Waals surface area contributed by atoms with Gasteiger partial charge in [0.15, 0.2) is 0 Å². The number of hydrogen-bond donors (Lipinski definition) is 0. The number of carboxylic acid groups (broad SMARTS) is 4. The van der Waals surface area contributed by atoms with Crippen molar-refractivity contribution in [2.24, 2.45) is 0 Å². The minimum atomic E-state index is -1.15. The van der Waals surface area contributed by atoms with E-state index in [9.17, 15) is 39.6 Å². The van der Waals surface area contributed by atoms with Crippen LogP contribution in [0.3, 0.4) is 0 Å². The summed E-state index contributed by atoms with van der Waals surface area (Å²) in [6, 6.07) is 20.7. The van der Waals surface area contributed by atoms with E-state index < -0.39 is 23.9 Å². The molecule has 0 bridgehead atoms. The zero-order valence-electron chi connectivity index (χ0n) is 41.7. The molecule has 2 saturated heterocycles. The molecule has 10 nitrogen and oxygen atoms in total. The van der Waals surface area contributed by atoms with E-state index in [0.717, 1.165) is 57.6 Å². The van der Waals surface area contributed by atoms with E-state index in [2.05, 4.69) is 59.6 Å². The fourth-order valence-electron chi connectivity index (χ4n) is 6.58. The minimum absolute atomic E-state index is 0. The second-order valence-corrected chi connectivity index (χ2v) is 19.7. The molecule has 0 spiro atoms. The summed E-state index contributed by atoms with van der Waals surface area (Å²) in [5.74, 6) is -2.85. The first kappa shape index (κ1) is 67.1. The second kappa shape index (κ2) is 35.2. The van der Waals surface area contributed by atoms with E-state index in [1.807, 2.05) is 79.7 Å². The molecule has 68 heavy (non-hydrogen) atoms. The molecule has 0 aromatic heterocycles. The van der Waals surface area contributed by atoms with E-state index in [1.165, 1.54) is 61.1 Å². The predicted octanol–water partition coefficient (Wildman–Crippen LogP) is 10.1. The number of ether oxygens (including phenoxy) is 2. The number of rotatable bonds is 10. The van der Waals surface area contributed by atoms with Gasteiger partial charge in [-0.05, 0) is 130 Å². The summed E-state index contributed by atoms with van der Waals surface area (Å²) in [5.41, 5.74) is 7.16. The van der Waals surface area contributed by atoms with Crippen molar-refractivity contribution in [2.45, 2.75) is 144 Å². The molecule has 372 valence electrons. The van der Waals surface area contributed by atoms with Crippen molar-refractivity contribution in [2.75, 3.05) is 26.4 Å². The molecule has 0 aliphatic carbocycles. The molecule has 2 fully saturated rings. The largest absolute Gasteiger partial charge is 2.00 e. The minimum Gasteiger partial charge on any atom is -0.545 e. The number of benzene rings is 4. The number of hydrogen-bond acceptors (Lipinski definition) is 10. The summed E-state index contributed by atoms with van der Waals surface area (Å²) in [5, 5.41) is 43.2. The van der Waals surface area contributed by atoms with Gasteiger partial charge in [0.25, 0.3) is 0 Å². The van der Waals surface area contributed by atoms with Gasteiger partial charge in [0.1, 0.15) is 0 Å². The SMILES string of the molecule is C1CCOC1.C1CCOC1.CC(C)c1cc(C(C)C)c(C(=O)[O-])c(C(C)C)c1.CC(C)c1cc(C(C)C)c(C(=O)[O-])c(C(C)C)c1.O=C([O-])c1ccc(Br)cc1.O=C([O-])c1ccc(Br)cc1.[Mo+2].[Mo+2]. The van der Waals surface area contributed by atoms with Crippen LogP contribution >= 0.6 is 31.9 Å². The Kier molecular flexibility index (Phi) is 34.7. The van der Waals surface area contributed by atoms with Crippen LogP contribution in [0.15, 0.2) is 81.7 Å². The molecule has 2 aliphatic rings. The van der Waals surface area contributed by atoms with Gasteiger partial charge < -0.3 is 49.1 Å². The molecule has 0 unspecified atom stereocenters. The number of carbonyl (C=O) groups excluding carboxylic acids is 4. The molecule has 2 heterocycles. The quantitative estimate of drug-likeness (QED) is 0.139. The predicted molar refractivity (Wildman–Crippen MR) is 263 cm³/mol. The van der Waals surface area contributed by atoms with Gasteiger partial charge in [-0.1, -0.05) is 163 Å². The summed E-state index contributed by atoms with van der Waals surface area (Å²) < 4.78 is 11.6. The maximum absolute atomic E-state index is 11.4. The van der Waals surface area contributed by atoms with E-state index in [-0.39, 0.29) is 76.9 Å². The first-order chi connectivity index (χ1) is 30.9. The number of carbonyl (C=O) groups is 4. The van der Waals surface area contributed by atoms with Crippen LogP contribution in [0.1, 0.15) is 219 Å². The number of halogens is 2. The standard InChI is InChI=1S/2C16H24O2.2C7H5BrO2.2C4H8O.2Mo/c2*1-9(2)12-7-13(10(3)4)15(16(17)18)14(8-12)11(5)6;2*8-6-3-1-5(2-4-6)7(9)10;2*1-2-4-5-3-1;;/h2*7-11H,1-6H3,(H,17,18);2*1-4H,(H,9,10);2*1-4H2;;/q;;;;;;2*+2/p-4. The van der Waals surface area contributed by atoms with Crippen molar-refractivity contribution >= 4 is 55.7 Å². The van der Waals surface area contributed by atoms with Crippen molar-refractivity contribution in [1.29, 1.82) is 0 Å². The summed E-state index contributed by atoms with van der Waals surface area (Å²) >= 11 is 6.36. The van der Waals surface area contributed by atoms with E-state index in [4.69, 9.17) is 9.47 Å². The molecule has 4 aromatic rings. The van der Waals surface area contributed by atoms with E-state index in [1.54, 1.807) is 24.3 Å². The Morgan fingerprint density at radius 1 is 0.397 bits per heavy atom. The van der Waals surface area contributed by atoms with E-state index >= 15 is 0 Å². The molecule has 2 aliphatic heterocycles. The van der Waals surface area contributed by atoms with Crippen molar-refractivity contribution in [3.63, 3.8) is 0 Å². The summed E-state index contributed by atoms with van der Waals surface area (Å²) in [7, 11) is 0. The molecule has 0 atom stereocenters. The van der Waals surface area contributed by atoms with Gasteiger partial charge >= 0.3 is 42.1 Å². The molecule has 0 radical (unpaired) electrons. The van der Waals surface area contributed by atoms with Crippen LogP contribution in [0.2, 0.25) is 0 Å². The van der Waals surface area contributed by atoms with Gasteiger partial charge in [0, 0.05) is 46.5 Å². The van der Waals surface area contributed by atoms with Crippen LogP contribution in [-0.4, -0.2) is 50.3 Å². The smallest absolute Gasteiger partial charge is 0.545 e.